The number of pyridine rings is 1. The summed E-state index contributed by atoms with van der Waals surface area (Å²) in [5, 5.41) is 0. The average molecular weight is 224 g/mol. The Morgan fingerprint density at radius 3 is 2.69 bits per heavy atom. The van der Waals surface area contributed by atoms with Crippen molar-refractivity contribution in [2.24, 2.45) is 5.73 Å². The summed E-state index contributed by atoms with van der Waals surface area (Å²) in [5.41, 5.74) is 8.30. The Labute approximate surface area is 96.0 Å². The number of hydrogen-bond acceptors (Lipinski definition) is 3. The molecule has 1 aromatic rings. The summed E-state index contributed by atoms with van der Waals surface area (Å²) >= 11 is 0. The number of hydrogen-bond donors (Lipinski definition) is 1. The van der Waals surface area contributed by atoms with Crippen molar-refractivity contribution >= 4 is 0 Å². The predicted molar refractivity (Wildman–Crippen MR) is 64.6 cm³/mol. The van der Waals surface area contributed by atoms with E-state index in [9.17, 15) is 4.79 Å². The Bertz CT molecular complexity index is 410. The van der Waals surface area contributed by atoms with Crippen LogP contribution in [0, 0.1) is 13.8 Å². The van der Waals surface area contributed by atoms with Gasteiger partial charge in [-0.2, -0.15) is 0 Å². The maximum absolute atomic E-state index is 12.1. The molecule has 0 unspecified atom stereocenters. The highest BCUT2D eigenvalue weighted by Crippen LogP contribution is 2.06. The van der Waals surface area contributed by atoms with Crippen LogP contribution < -0.4 is 11.3 Å². The van der Waals surface area contributed by atoms with Gasteiger partial charge in [-0.1, -0.05) is 0 Å². The van der Waals surface area contributed by atoms with Crippen LogP contribution in [0.15, 0.2) is 10.9 Å². The lowest BCUT2D eigenvalue weighted by atomic mass is 10.1. The molecular formula is C12H20N2O2. The molecule has 2 N–H and O–H groups in total. The third-order valence-corrected chi connectivity index (χ3v) is 2.76. The van der Waals surface area contributed by atoms with Crippen LogP contribution in [0.3, 0.4) is 0 Å². The molecule has 0 fully saturated rings. The maximum atomic E-state index is 12.1. The Hall–Kier alpha value is -1.13. The van der Waals surface area contributed by atoms with Gasteiger partial charge < -0.3 is 15.0 Å². The summed E-state index contributed by atoms with van der Waals surface area (Å²) in [6, 6.07) is 2.01. The molecule has 16 heavy (non-hydrogen) atoms. The number of methoxy groups -OCH3 is 1. The number of aryl methyl sites for hydroxylation is 2. The van der Waals surface area contributed by atoms with Gasteiger partial charge in [0.05, 0.1) is 0 Å². The van der Waals surface area contributed by atoms with E-state index in [-0.39, 0.29) is 5.56 Å². The monoisotopic (exact) mass is 224 g/mol. The Balaban J connectivity index is 3.04. The fourth-order valence-electron chi connectivity index (χ4n) is 1.86. The molecule has 0 amide bonds. The minimum Gasteiger partial charge on any atom is -0.385 e. The topological polar surface area (TPSA) is 57.2 Å². The molecule has 0 aliphatic carbocycles. The van der Waals surface area contributed by atoms with Crippen LogP contribution in [0.4, 0.5) is 0 Å². The number of ether oxygens (including phenoxy) is 1. The van der Waals surface area contributed by atoms with E-state index >= 15 is 0 Å². The van der Waals surface area contributed by atoms with Crippen LogP contribution >= 0.6 is 0 Å². The van der Waals surface area contributed by atoms with Crippen LogP contribution in [0.1, 0.15) is 23.2 Å². The molecule has 4 heteroatoms. The van der Waals surface area contributed by atoms with Crippen molar-refractivity contribution in [2.45, 2.75) is 33.4 Å². The largest absolute Gasteiger partial charge is 0.385 e. The predicted octanol–water partition coefficient (Wildman–Crippen LogP) is 0.960. The fraction of sp³-hybridized carbons (Fsp3) is 0.583. The van der Waals surface area contributed by atoms with Gasteiger partial charge in [0.1, 0.15) is 0 Å². The van der Waals surface area contributed by atoms with E-state index in [4.69, 9.17) is 10.5 Å². The second-order valence-electron chi connectivity index (χ2n) is 3.95. The van der Waals surface area contributed by atoms with E-state index in [0.29, 0.717) is 25.3 Å². The maximum Gasteiger partial charge on any atom is 0.255 e. The molecule has 0 radical (unpaired) electrons. The number of nitrogens with zero attached hydrogens (tertiary/aromatic N) is 1. The van der Waals surface area contributed by atoms with E-state index in [0.717, 1.165) is 17.7 Å². The minimum atomic E-state index is 0.0381. The van der Waals surface area contributed by atoms with Crippen molar-refractivity contribution in [2.75, 3.05) is 13.7 Å². The van der Waals surface area contributed by atoms with Crippen molar-refractivity contribution in [1.29, 1.82) is 0 Å². The van der Waals surface area contributed by atoms with Crippen molar-refractivity contribution in [3.05, 3.63) is 33.2 Å². The van der Waals surface area contributed by atoms with Crippen molar-refractivity contribution in [1.82, 2.24) is 4.57 Å². The van der Waals surface area contributed by atoms with Gasteiger partial charge in [-0.15, -0.1) is 0 Å². The second kappa shape index (κ2) is 5.82. The fourth-order valence-corrected chi connectivity index (χ4v) is 1.86. The summed E-state index contributed by atoms with van der Waals surface area (Å²) in [6.07, 6.45) is 0.838. The highest BCUT2D eigenvalue weighted by molar-refractivity contribution is 5.25. The van der Waals surface area contributed by atoms with Crippen LogP contribution in [0.5, 0.6) is 0 Å². The van der Waals surface area contributed by atoms with E-state index in [1.165, 1.54) is 0 Å². The number of rotatable bonds is 5. The first-order valence-electron chi connectivity index (χ1n) is 5.50. The summed E-state index contributed by atoms with van der Waals surface area (Å²) in [4.78, 5) is 12.1. The first-order valence-corrected chi connectivity index (χ1v) is 5.50. The zero-order chi connectivity index (χ0) is 12.1. The standard InChI is InChI=1S/C12H20N2O2/c1-9-7-10(2)14(5-4-6-16-3)12(15)11(9)8-13/h7H,4-6,8,13H2,1-3H3. The molecule has 0 saturated heterocycles. The summed E-state index contributed by atoms with van der Waals surface area (Å²) in [6.45, 7) is 5.52. The molecule has 0 atom stereocenters. The molecule has 0 aromatic carbocycles. The highest BCUT2D eigenvalue weighted by atomic mass is 16.5. The molecule has 1 aromatic heterocycles. The zero-order valence-electron chi connectivity index (χ0n) is 10.2. The van der Waals surface area contributed by atoms with Gasteiger partial charge in [-0.25, -0.2) is 0 Å². The van der Waals surface area contributed by atoms with Gasteiger partial charge in [0.15, 0.2) is 0 Å². The van der Waals surface area contributed by atoms with Gasteiger partial charge >= 0.3 is 0 Å². The smallest absolute Gasteiger partial charge is 0.255 e. The highest BCUT2D eigenvalue weighted by Gasteiger charge is 2.08. The molecule has 0 spiro atoms. The lowest BCUT2D eigenvalue weighted by Gasteiger charge is -2.13. The molecule has 1 rings (SSSR count). The van der Waals surface area contributed by atoms with Crippen molar-refractivity contribution < 1.29 is 4.74 Å². The number of nitrogens with two attached hydrogens (primary N) is 1. The van der Waals surface area contributed by atoms with Crippen LogP contribution in [-0.2, 0) is 17.8 Å². The van der Waals surface area contributed by atoms with Gasteiger partial charge in [-0.3, -0.25) is 4.79 Å². The minimum absolute atomic E-state index is 0.0381. The Morgan fingerprint density at radius 2 is 2.12 bits per heavy atom. The number of aromatic nitrogens is 1. The van der Waals surface area contributed by atoms with Gasteiger partial charge in [0, 0.05) is 38.1 Å². The SMILES string of the molecule is COCCCn1c(C)cc(C)c(CN)c1=O. The van der Waals surface area contributed by atoms with E-state index < -0.39 is 0 Å². The van der Waals surface area contributed by atoms with Gasteiger partial charge in [-0.05, 0) is 31.9 Å². The van der Waals surface area contributed by atoms with Crippen LogP contribution in [0.2, 0.25) is 0 Å². The lowest BCUT2D eigenvalue weighted by Crippen LogP contribution is -2.28. The average Bonchev–Trinajstić information content (AvgIpc) is 2.23. The summed E-state index contributed by atoms with van der Waals surface area (Å²) < 4.78 is 6.76. The Morgan fingerprint density at radius 1 is 1.44 bits per heavy atom. The van der Waals surface area contributed by atoms with Gasteiger partial charge in [0.25, 0.3) is 5.56 Å². The van der Waals surface area contributed by atoms with Crippen molar-refractivity contribution in [3.63, 3.8) is 0 Å². The molecule has 4 nitrogen and oxygen atoms in total. The Kier molecular flexibility index (Phi) is 4.71. The van der Waals surface area contributed by atoms with Crippen LogP contribution in [-0.4, -0.2) is 18.3 Å². The van der Waals surface area contributed by atoms with Crippen LogP contribution in [0.25, 0.3) is 0 Å². The van der Waals surface area contributed by atoms with E-state index in [2.05, 4.69) is 0 Å². The third kappa shape index (κ3) is 2.71. The summed E-state index contributed by atoms with van der Waals surface area (Å²) in [5.74, 6) is 0. The summed E-state index contributed by atoms with van der Waals surface area (Å²) in [7, 11) is 1.66. The first kappa shape index (κ1) is 12.9. The lowest BCUT2D eigenvalue weighted by molar-refractivity contribution is 0.189. The quantitative estimate of drug-likeness (QED) is 0.758. The van der Waals surface area contributed by atoms with E-state index in [1.54, 1.807) is 11.7 Å². The molecule has 90 valence electrons. The first-order chi connectivity index (χ1) is 7.61. The second-order valence-corrected chi connectivity index (χ2v) is 3.95. The molecule has 1 heterocycles. The molecule has 0 bridgehead atoms. The molecule has 0 aliphatic heterocycles. The molecular weight excluding hydrogens is 204 g/mol. The van der Waals surface area contributed by atoms with Crippen molar-refractivity contribution in [3.8, 4) is 0 Å². The normalized spacial score (nSPS) is 10.8. The van der Waals surface area contributed by atoms with Gasteiger partial charge in [0.2, 0.25) is 0 Å². The zero-order valence-corrected chi connectivity index (χ0v) is 10.2. The third-order valence-electron chi connectivity index (χ3n) is 2.76. The molecule has 0 aliphatic rings. The molecule has 0 saturated carbocycles. The van der Waals surface area contributed by atoms with E-state index in [1.807, 2.05) is 19.9 Å².